The second-order valence-corrected chi connectivity index (χ2v) is 8.31. The van der Waals surface area contributed by atoms with E-state index >= 15 is 0 Å². The van der Waals surface area contributed by atoms with Gasteiger partial charge in [-0.15, -0.1) is 0 Å². The SMILES string of the molecule is O=C(NCCCO)c1ccc(NC(=O)c2cccc(C(=O)Nc3ccc(C(=O)NCCCO)cc3)c2)cc1. The van der Waals surface area contributed by atoms with Gasteiger partial charge in [0.15, 0.2) is 0 Å². The molecule has 10 heteroatoms. The van der Waals surface area contributed by atoms with Crippen molar-refractivity contribution >= 4 is 35.0 Å². The van der Waals surface area contributed by atoms with Gasteiger partial charge in [0.25, 0.3) is 23.6 Å². The van der Waals surface area contributed by atoms with Gasteiger partial charge in [-0.2, -0.15) is 0 Å². The van der Waals surface area contributed by atoms with Gasteiger partial charge in [-0.25, -0.2) is 0 Å². The lowest BCUT2D eigenvalue weighted by Gasteiger charge is -2.10. The van der Waals surface area contributed by atoms with Gasteiger partial charge in [0.1, 0.15) is 0 Å². The molecule has 3 aromatic carbocycles. The third-order valence-electron chi connectivity index (χ3n) is 5.44. The van der Waals surface area contributed by atoms with Crippen LogP contribution in [0, 0.1) is 0 Å². The third-order valence-corrected chi connectivity index (χ3v) is 5.44. The number of anilines is 2. The molecule has 0 atom stereocenters. The van der Waals surface area contributed by atoms with Crippen LogP contribution in [-0.4, -0.2) is 60.1 Å². The predicted octanol–water partition coefficient (Wildman–Crippen LogP) is 2.42. The number of carbonyl (C=O) groups excluding carboxylic acids is 4. The van der Waals surface area contributed by atoms with Crippen LogP contribution in [0.3, 0.4) is 0 Å². The number of carbonyl (C=O) groups is 4. The van der Waals surface area contributed by atoms with Gasteiger partial charge in [0, 0.05) is 59.9 Å². The molecule has 38 heavy (non-hydrogen) atoms. The Balaban J connectivity index is 1.57. The van der Waals surface area contributed by atoms with Crippen LogP contribution < -0.4 is 21.3 Å². The fourth-order valence-corrected chi connectivity index (χ4v) is 3.38. The molecule has 6 N–H and O–H groups in total. The molecule has 3 aromatic rings. The quantitative estimate of drug-likeness (QED) is 0.202. The zero-order valence-corrected chi connectivity index (χ0v) is 20.7. The molecule has 4 amide bonds. The lowest BCUT2D eigenvalue weighted by Crippen LogP contribution is -2.25. The molecule has 0 aromatic heterocycles. The van der Waals surface area contributed by atoms with E-state index < -0.39 is 11.8 Å². The Morgan fingerprint density at radius 3 is 1.29 bits per heavy atom. The lowest BCUT2D eigenvalue weighted by molar-refractivity contribution is 0.0942. The Kier molecular flexibility index (Phi) is 10.5. The summed E-state index contributed by atoms with van der Waals surface area (Å²) in [5, 5.41) is 28.5. The summed E-state index contributed by atoms with van der Waals surface area (Å²) in [5.41, 5.74) is 2.37. The first kappa shape index (κ1) is 28.0. The Morgan fingerprint density at radius 2 is 0.921 bits per heavy atom. The molecule has 0 spiro atoms. The van der Waals surface area contributed by atoms with E-state index in [1.54, 1.807) is 66.7 Å². The summed E-state index contributed by atoms with van der Waals surface area (Å²) in [4.78, 5) is 49.6. The number of aliphatic hydroxyl groups excluding tert-OH is 2. The molecule has 3 rings (SSSR count). The van der Waals surface area contributed by atoms with Crippen molar-refractivity contribution in [2.24, 2.45) is 0 Å². The number of benzene rings is 3. The number of hydrogen-bond donors (Lipinski definition) is 6. The number of hydrogen-bond acceptors (Lipinski definition) is 6. The van der Waals surface area contributed by atoms with Gasteiger partial charge in [0.2, 0.25) is 0 Å². The maximum Gasteiger partial charge on any atom is 0.255 e. The van der Waals surface area contributed by atoms with E-state index in [-0.39, 0.29) is 36.2 Å². The Hall–Kier alpha value is -4.54. The van der Waals surface area contributed by atoms with Crippen molar-refractivity contribution in [2.75, 3.05) is 36.9 Å². The highest BCUT2D eigenvalue weighted by Crippen LogP contribution is 2.15. The largest absolute Gasteiger partial charge is 0.396 e. The Labute approximate surface area is 220 Å². The average molecular weight is 519 g/mol. The molecular weight excluding hydrogens is 488 g/mol. The van der Waals surface area contributed by atoms with E-state index in [0.717, 1.165) is 0 Å². The van der Waals surface area contributed by atoms with Crippen molar-refractivity contribution < 1.29 is 29.4 Å². The van der Waals surface area contributed by atoms with Crippen LogP contribution in [-0.2, 0) is 0 Å². The maximum atomic E-state index is 12.7. The highest BCUT2D eigenvalue weighted by atomic mass is 16.3. The average Bonchev–Trinajstić information content (AvgIpc) is 2.94. The van der Waals surface area contributed by atoms with Crippen LogP contribution in [0.5, 0.6) is 0 Å². The summed E-state index contributed by atoms with van der Waals surface area (Å²) in [6, 6.07) is 19.0. The van der Waals surface area contributed by atoms with Crippen LogP contribution in [0.15, 0.2) is 72.8 Å². The van der Waals surface area contributed by atoms with Crippen molar-refractivity contribution in [3.63, 3.8) is 0 Å². The Morgan fingerprint density at radius 1 is 0.526 bits per heavy atom. The minimum absolute atomic E-state index is 0.00538. The minimum atomic E-state index is -0.420. The smallest absolute Gasteiger partial charge is 0.255 e. The molecule has 0 heterocycles. The van der Waals surface area contributed by atoms with E-state index in [1.165, 1.54) is 6.07 Å². The fraction of sp³-hybridized carbons (Fsp3) is 0.214. The summed E-state index contributed by atoms with van der Waals surface area (Å²) in [6.45, 7) is 0.724. The summed E-state index contributed by atoms with van der Waals surface area (Å²) < 4.78 is 0. The predicted molar refractivity (Wildman–Crippen MR) is 143 cm³/mol. The first-order valence-corrected chi connectivity index (χ1v) is 12.1. The van der Waals surface area contributed by atoms with Crippen molar-refractivity contribution in [3.8, 4) is 0 Å². The lowest BCUT2D eigenvalue weighted by atomic mass is 10.1. The normalized spacial score (nSPS) is 10.4. The summed E-state index contributed by atoms with van der Waals surface area (Å²) in [6.07, 6.45) is 0.934. The first-order chi connectivity index (χ1) is 18.4. The van der Waals surface area contributed by atoms with Crippen LogP contribution >= 0.6 is 0 Å². The highest BCUT2D eigenvalue weighted by Gasteiger charge is 2.13. The zero-order chi connectivity index (χ0) is 27.3. The van der Waals surface area contributed by atoms with Gasteiger partial charge >= 0.3 is 0 Å². The summed E-state index contributed by atoms with van der Waals surface area (Å²) in [5.74, 6) is -1.38. The number of nitrogens with one attached hydrogen (secondary N) is 4. The maximum absolute atomic E-state index is 12.7. The molecule has 10 nitrogen and oxygen atoms in total. The van der Waals surface area contributed by atoms with E-state index in [2.05, 4.69) is 21.3 Å². The van der Waals surface area contributed by atoms with Crippen LogP contribution in [0.1, 0.15) is 54.3 Å². The molecule has 0 aliphatic heterocycles. The molecule has 0 radical (unpaired) electrons. The molecule has 0 saturated carbocycles. The summed E-state index contributed by atoms with van der Waals surface area (Å²) in [7, 11) is 0. The van der Waals surface area contributed by atoms with Crippen molar-refractivity contribution in [1.29, 1.82) is 0 Å². The van der Waals surface area contributed by atoms with Gasteiger partial charge in [-0.1, -0.05) is 6.07 Å². The van der Waals surface area contributed by atoms with Crippen molar-refractivity contribution in [3.05, 3.63) is 95.1 Å². The topological polar surface area (TPSA) is 157 Å². The molecular formula is C28H30N4O6. The Bertz CT molecular complexity index is 1160. The monoisotopic (exact) mass is 518 g/mol. The van der Waals surface area contributed by atoms with Crippen molar-refractivity contribution in [1.82, 2.24) is 10.6 Å². The first-order valence-electron chi connectivity index (χ1n) is 12.1. The van der Waals surface area contributed by atoms with Crippen LogP contribution in [0.25, 0.3) is 0 Å². The molecule has 0 bridgehead atoms. The highest BCUT2D eigenvalue weighted by molar-refractivity contribution is 6.09. The third kappa shape index (κ3) is 8.26. The fourth-order valence-electron chi connectivity index (χ4n) is 3.38. The standard InChI is InChI=1S/C28H30N4O6/c33-16-2-14-29-25(35)19-6-10-23(11-7-19)31-27(37)21-4-1-5-22(18-21)28(38)32-24-12-8-20(9-13-24)26(36)30-15-3-17-34/h1,4-13,18,33-34H,2-3,14-17H2,(H,29,35)(H,30,36)(H,31,37)(H,32,38). The molecule has 0 fully saturated rings. The van der Waals surface area contributed by atoms with Crippen LogP contribution in [0.4, 0.5) is 11.4 Å². The van der Waals surface area contributed by atoms with E-state index in [1.807, 2.05) is 0 Å². The summed E-state index contributed by atoms with van der Waals surface area (Å²) >= 11 is 0. The molecule has 198 valence electrons. The number of aliphatic hydroxyl groups is 2. The van der Waals surface area contributed by atoms with E-state index in [4.69, 9.17) is 10.2 Å². The van der Waals surface area contributed by atoms with Gasteiger partial charge in [-0.3, -0.25) is 19.2 Å². The molecule has 0 aliphatic carbocycles. The van der Waals surface area contributed by atoms with Gasteiger partial charge in [-0.05, 0) is 79.6 Å². The second-order valence-electron chi connectivity index (χ2n) is 8.31. The van der Waals surface area contributed by atoms with Gasteiger partial charge < -0.3 is 31.5 Å². The molecule has 0 aliphatic rings. The molecule has 0 unspecified atom stereocenters. The van der Waals surface area contributed by atoms with Crippen molar-refractivity contribution in [2.45, 2.75) is 12.8 Å². The molecule has 0 saturated heterocycles. The van der Waals surface area contributed by atoms with E-state index in [0.29, 0.717) is 48.4 Å². The number of rotatable bonds is 12. The van der Waals surface area contributed by atoms with E-state index in [9.17, 15) is 19.2 Å². The van der Waals surface area contributed by atoms with Crippen LogP contribution in [0.2, 0.25) is 0 Å². The number of amides is 4. The zero-order valence-electron chi connectivity index (χ0n) is 20.7. The minimum Gasteiger partial charge on any atom is -0.396 e. The van der Waals surface area contributed by atoms with Gasteiger partial charge in [0.05, 0.1) is 0 Å². The second kappa shape index (κ2) is 14.3.